The zero-order valence-corrected chi connectivity index (χ0v) is 12.7. The first-order chi connectivity index (χ1) is 10.8. The number of nitrogens with zero attached hydrogens (tertiary/aromatic N) is 4. The Balaban J connectivity index is 1.58. The minimum atomic E-state index is 0.718. The monoisotopic (exact) mass is 313 g/mol. The first kappa shape index (κ1) is 14.5. The Kier molecular flexibility index (Phi) is 4.65. The fourth-order valence-electron chi connectivity index (χ4n) is 2.13. The molecule has 3 aromatic rings. The molecule has 2 heterocycles. The predicted octanol–water partition coefficient (Wildman–Crippen LogP) is 3.50. The van der Waals surface area contributed by atoms with E-state index in [2.05, 4.69) is 24.8 Å². The standard InChI is InChI=1S/C16H16ClN5/c17-14-4-2-13(3-5-14)15-10-16(21-11-20-15)19-6-1-8-22-9-7-18-12-22/h2-5,7,9-12H,1,6,8H2,(H,19,20,21). The number of hydrogen-bond donors (Lipinski definition) is 1. The summed E-state index contributed by atoms with van der Waals surface area (Å²) in [5.41, 5.74) is 1.90. The van der Waals surface area contributed by atoms with Gasteiger partial charge >= 0.3 is 0 Å². The van der Waals surface area contributed by atoms with E-state index in [-0.39, 0.29) is 0 Å². The van der Waals surface area contributed by atoms with Gasteiger partial charge in [-0.05, 0) is 18.6 Å². The SMILES string of the molecule is Clc1ccc(-c2cc(NCCCn3ccnc3)ncn2)cc1. The zero-order chi connectivity index (χ0) is 15.2. The molecule has 0 fully saturated rings. The van der Waals surface area contributed by atoms with Gasteiger partial charge in [-0.25, -0.2) is 15.0 Å². The Hall–Kier alpha value is -2.40. The van der Waals surface area contributed by atoms with Crippen molar-refractivity contribution in [3.63, 3.8) is 0 Å². The highest BCUT2D eigenvalue weighted by Crippen LogP contribution is 2.20. The first-order valence-electron chi connectivity index (χ1n) is 7.09. The Morgan fingerprint density at radius 3 is 2.77 bits per heavy atom. The second-order valence-corrected chi connectivity index (χ2v) is 5.31. The van der Waals surface area contributed by atoms with E-state index in [0.29, 0.717) is 0 Å². The van der Waals surface area contributed by atoms with Crippen LogP contribution in [0.3, 0.4) is 0 Å². The van der Waals surface area contributed by atoms with Gasteiger partial charge < -0.3 is 9.88 Å². The number of halogens is 1. The molecule has 1 N–H and O–H groups in total. The molecule has 0 radical (unpaired) electrons. The molecule has 22 heavy (non-hydrogen) atoms. The van der Waals surface area contributed by atoms with Gasteiger partial charge in [-0.1, -0.05) is 23.7 Å². The van der Waals surface area contributed by atoms with Gasteiger partial charge in [0.1, 0.15) is 12.1 Å². The van der Waals surface area contributed by atoms with Crippen LogP contribution in [0.1, 0.15) is 6.42 Å². The number of rotatable bonds is 6. The third kappa shape index (κ3) is 3.83. The summed E-state index contributed by atoms with van der Waals surface area (Å²) in [4.78, 5) is 12.6. The van der Waals surface area contributed by atoms with Crippen molar-refractivity contribution < 1.29 is 0 Å². The van der Waals surface area contributed by atoms with Crippen LogP contribution in [0.15, 0.2) is 55.4 Å². The molecule has 0 bridgehead atoms. The smallest absolute Gasteiger partial charge is 0.129 e. The van der Waals surface area contributed by atoms with E-state index in [9.17, 15) is 0 Å². The summed E-state index contributed by atoms with van der Waals surface area (Å²) >= 11 is 5.91. The van der Waals surface area contributed by atoms with Gasteiger partial charge in [-0.15, -0.1) is 0 Å². The van der Waals surface area contributed by atoms with E-state index < -0.39 is 0 Å². The molecule has 0 aliphatic rings. The maximum Gasteiger partial charge on any atom is 0.129 e. The molecule has 112 valence electrons. The maximum atomic E-state index is 5.91. The molecule has 3 rings (SSSR count). The van der Waals surface area contributed by atoms with Crippen LogP contribution in [0, 0.1) is 0 Å². The molecule has 0 saturated heterocycles. The number of benzene rings is 1. The Morgan fingerprint density at radius 1 is 1.14 bits per heavy atom. The second kappa shape index (κ2) is 7.04. The van der Waals surface area contributed by atoms with Gasteiger partial charge in [0.2, 0.25) is 0 Å². The van der Waals surface area contributed by atoms with Crippen LogP contribution in [-0.4, -0.2) is 26.1 Å². The Bertz CT molecular complexity index is 710. The quantitative estimate of drug-likeness (QED) is 0.708. The van der Waals surface area contributed by atoms with Crippen LogP contribution in [0.25, 0.3) is 11.3 Å². The van der Waals surface area contributed by atoms with Crippen LogP contribution in [0.5, 0.6) is 0 Å². The largest absolute Gasteiger partial charge is 0.370 e. The molecule has 0 atom stereocenters. The van der Waals surface area contributed by atoms with Crippen LogP contribution >= 0.6 is 11.6 Å². The minimum Gasteiger partial charge on any atom is -0.370 e. The van der Waals surface area contributed by atoms with Crippen molar-refractivity contribution in [2.24, 2.45) is 0 Å². The van der Waals surface area contributed by atoms with Gasteiger partial charge in [-0.3, -0.25) is 0 Å². The number of imidazole rings is 1. The molecular formula is C16H16ClN5. The normalized spacial score (nSPS) is 10.6. The average molecular weight is 314 g/mol. The van der Waals surface area contributed by atoms with E-state index in [1.54, 1.807) is 12.5 Å². The Morgan fingerprint density at radius 2 is 2.00 bits per heavy atom. The van der Waals surface area contributed by atoms with Crippen molar-refractivity contribution in [3.8, 4) is 11.3 Å². The first-order valence-corrected chi connectivity index (χ1v) is 7.47. The molecule has 6 heteroatoms. The van der Waals surface area contributed by atoms with Crippen molar-refractivity contribution in [1.29, 1.82) is 0 Å². The molecule has 0 aliphatic carbocycles. The lowest BCUT2D eigenvalue weighted by atomic mass is 10.1. The van der Waals surface area contributed by atoms with Crippen LogP contribution in [0.4, 0.5) is 5.82 Å². The minimum absolute atomic E-state index is 0.718. The second-order valence-electron chi connectivity index (χ2n) is 4.88. The van der Waals surface area contributed by atoms with E-state index in [1.807, 2.05) is 42.9 Å². The number of anilines is 1. The fourth-order valence-corrected chi connectivity index (χ4v) is 2.26. The summed E-state index contributed by atoms with van der Waals surface area (Å²) in [7, 11) is 0. The number of aromatic nitrogens is 4. The van der Waals surface area contributed by atoms with Crippen LogP contribution in [-0.2, 0) is 6.54 Å². The van der Waals surface area contributed by atoms with E-state index >= 15 is 0 Å². The molecule has 0 aliphatic heterocycles. The van der Waals surface area contributed by atoms with Crippen molar-refractivity contribution in [3.05, 3.63) is 60.4 Å². The van der Waals surface area contributed by atoms with Gasteiger partial charge in [0.05, 0.1) is 12.0 Å². The third-order valence-electron chi connectivity index (χ3n) is 3.27. The highest BCUT2D eigenvalue weighted by atomic mass is 35.5. The highest BCUT2D eigenvalue weighted by molar-refractivity contribution is 6.30. The van der Waals surface area contributed by atoms with Gasteiger partial charge in [0.25, 0.3) is 0 Å². The van der Waals surface area contributed by atoms with Crippen molar-refractivity contribution in [1.82, 2.24) is 19.5 Å². The van der Waals surface area contributed by atoms with Crippen molar-refractivity contribution in [2.45, 2.75) is 13.0 Å². The summed E-state index contributed by atoms with van der Waals surface area (Å²) in [5, 5.41) is 4.04. The van der Waals surface area contributed by atoms with Gasteiger partial charge in [0.15, 0.2) is 0 Å². The summed E-state index contributed by atoms with van der Waals surface area (Å²) in [6.45, 7) is 1.78. The molecule has 0 spiro atoms. The maximum absolute atomic E-state index is 5.91. The third-order valence-corrected chi connectivity index (χ3v) is 3.52. The molecule has 2 aromatic heterocycles. The lowest BCUT2D eigenvalue weighted by Crippen LogP contribution is -2.07. The lowest BCUT2D eigenvalue weighted by Gasteiger charge is -2.07. The number of hydrogen-bond acceptors (Lipinski definition) is 4. The summed E-state index contributed by atoms with van der Waals surface area (Å²) in [5.74, 6) is 0.825. The molecule has 5 nitrogen and oxygen atoms in total. The molecule has 0 unspecified atom stereocenters. The average Bonchev–Trinajstić information content (AvgIpc) is 3.06. The van der Waals surface area contributed by atoms with Crippen LogP contribution < -0.4 is 5.32 Å². The molecular weight excluding hydrogens is 298 g/mol. The highest BCUT2D eigenvalue weighted by Gasteiger charge is 2.02. The lowest BCUT2D eigenvalue weighted by molar-refractivity contribution is 0.660. The van der Waals surface area contributed by atoms with Crippen molar-refractivity contribution in [2.75, 3.05) is 11.9 Å². The van der Waals surface area contributed by atoms with Gasteiger partial charge in [-0.2, -0.15) is 0 Å². The molecule has 1 aromatic carbocycles. The van der Waals surface area contributed by atoms with Gasteiger partial charge in [0, 0.05) is 42.1 Å². The molecule has 0 amide bonds. The zero-order valence-electron chi connectivity index (χ0n) is 12.0. The number of nitrogens with one attached hydrogen (secondary N) is 1. The summed E-state index contributed by atoms with van der Waals surface area (Å²) in [6.07, 6.45) is 8.14. The Labute approximate surface area is 134 Å². The molecule has 0 saturated carbocycles. The van der Waals surface area contributed by atoms with Crippen molar-refractivity contribution >= 4 is 17.4 Å². The van der Waals surface area contributed by atoms with Crippen LogP contribution in [0.2, 0.25) is 5.02 Å². The van der Waals surface area contributed by atoms with E-state index in [0.717, 1.165) is 41.6 Å². The fraction of sp³-hybridized carbons (Fsp3) is 0.188. The predicted molar refractivity (Wildman–Crippen MR) is 87.8 cm³/mol. The summed E-state index contributed by atoms with van der Waals surface area (Å²) in [6, 6.07) is 9.57. The number of aryl methyl sites for hydroxylation is 1. The van der Waals surface area contributed by atoms with E-state index in [1.165, 1.54) is 0 Å². The van der Waals surface area contributed by atoms with E-state index in [4.69, 9.17) is 11.6 Å². The summed E-state index contributed by atoms with van der Waals surface area (Å²) < 4.78 is 2.06. The topological polar surface area (TPSA) is 55.6 Å².